The second kappa shape index (κ2) is 32.8. The number of anilines is 3. The number of aromatic nitrogens is 5. The highest BCUT2D eigenvalue weighted by Crippen LogP contribution is 2.40. The van der Waals surface area contributed by atoms with Gasteiger partial charge in [0.05, 0.1) is 55.3 Å². The van der Waals surface area contributed by atoms with Crippen LogP contribution in [0.15, 0.2) is 169 Å². The number of amides is 8. The molecule has 30 heteroatoms. The third-order valence-corrected chi connectivity index (χ3v) is 18.4. The number of nitrogen functional groups attached to an aromatic ring is 1. The zero-order valence-corrected chi connectivity index (χ0v) is 58.5. The number of phenols is 1. The van der Waals surface area contributed by atoms with Gasteiger partial charge in [-0.25, -0.2) is 0 Å². The van der Waals surface area contributed by atoms with E-state index in [-0.39, 0.29) is 81.4 Å². The number of nitrogens with one attached hydrogen (secondary N) is 2. The Morgan fingerprint density at radius 2 is 0.863 bits per heavy atom. The molecule has 95 heavy (non-hydrogen) atoms. The van der Waals surface area contributed by atoms with Crippen LogP contribution >= 0.6 is 95.5 Å². The molecule has 23 nitrogen and oxygen atoms in total. The Kier molecular flexibility index (Phi) is 24.7. The molecule has 0 bridgehead atoms. The minimum absolute atomic E-state index is 0. The van der Waals surface area contributed by atoms with Crippen LogP contribution in [-0.2, 0) is 34.2 Å². The van der Waals surface area contributed by atoms with Gasteiger partial charge in [0.2, 0.25) is 0 Å². The van der Waals surface area contributed by atoms with E-state index in [1.807, 2.05) is 38.1 Å². The van der Waals surface area contributed by atoms with E-state index in [1.54, 1.807) is 110 Å². The topological polar surface area (TPSA) is 309 Å². The Morgan fingerprint density at radius 3 is 1.22 bits per heavy atom. The number of carbonyl (C=O) groups is 8. The predicted octanol–water partition coefficient (Wildman–Crippen LogP) is 13.9. The molecule has 0 aliphatic carbocycles. The van der Waals surface area contributed by atoms with Crippen LogP contribution in [0.25, 0.3) is 18.2 Å². The van der Waals surface area contributed by atoms with Crippen molar-refractivity contribution in [2.45, 2.75) is 33.7 Å². The number of benzene rings is 3. The summed E-state index contributed by atoms with van der Waals surface area (Å²) in [5.74, 6) is -0.266. The number of nitrogens with two attached hydrogens (primary N) is 1. The molecule has 5 N–H and O–H groups in total. The smallest absolute Gasteiger partial charge is 0.293 e. The fourth-order valence-electron chi connectivity index (χ4n) is 8.45. The highest BCUT2D eigenvalue weighted by atomic mass is 79.9. The summed E-state index contributed by atoms with van der Waals surface area (Å²) >= 11 is 13.0. The first kappa shape index (κ1) is 71.6. The highest BCUT2D eigenvalue weighted by molar-refractivity contribution is 9.11. The number of ether oxygens (including phenoxy) is 3. The van der Waals surface area contributed by atoms with E-state index in [2.05, 4.69) is 83.3 Å². The van der Waals surface area contributed by atoms with Gasteiger partial charge >= 0.3 is 0 Å². The Balaban J connectivity index is 0.000000183. The van der Waals surface area contributed by atoms with Crippen molar-refractivity contribution >= 4 is 176 Å². The summed E-state index contributed by atoms with van der Waals surface area (Å²) in [6, 6.07) is 22.4. The third kappa shape index (κ3) is 18.8. The zero-order chi connectivity index (χ0) is 67.3. The highest BCUT2D eigenvalue weighted by Gasteiger charge is 2.34. The van der Waals surface area contributed by atoms with E-state index in [9.17, 15) is 43.5 Å². The Morgan fingerprint density at radius 1 is 0.505 bits per heavy atom. The van der Waals surface area contributed by atoms with Gasteiger partial charge in [-0.3, -0.25) is 78.0 Å². The van der Waals surface area contributed by atoms with Gasteiger partial charge in [0.25, 0.3) is 45.3 Å². The molecule has 8 heterocycles. The maximum absolute atomic E-state index is 12.4. The van der Waals surface area contributed by atoms with Crippen molar-refractivity contribution in [1.29, 1.82) is 0 Å². The zero-order valence-electron chi connectivity index (χ0n) is 50.5. The minimum atomic E-state index is -0.395. The molecular weight excluding hydrogens is 1500 g/mol. The number of halogens is 4. The molecule has 11 rings (SSSR count). The number of nitrogens with zero attached hydrogens (tertiary/aromatic N) is 8. The standard InChI is InChI=1S/C24H19BrN4O4S.C23H17BrN4O5S.C18H16BrN3O3S.ClH/c1-14-6-19(25)17(9-21-23(31)29(2)24(32)34-21)8-20(14)33-13-15-7-18(12-27-10-15)28-22(30)16-4-3-5-26-11-16;1-28-22(31)20(34-23(28)32)7-15-6-19(18(29)8-17(15)24)33-12-13-5-16(11-26-9-13)27-21(30)14-3-2-4-25-10-14;1-10-3-14(19)12(6-16-17(23)22(2)18(24)26-16)5-15(10)25-9-11-4-13(20)8-21-7-11;/h3-12H,13H2,1-2H3,(H,28,30);2-11,29H,12H2,1H3,(H,27,30);3-8H,9,20H2,1-2H3;1H/b21-9-;20-7-;16-6-;. The fourth-order valence-corrected chi connectivity index (χ4v) is 12.5. The number of aromatic hydroxyl groups is 1. The molecule has 3 saturated heterocycles. The Labute approximate surface area is 587 Å². The lowest BCUT2D eigenvalue weighted by atomic mass is 10.1. The molecule has 0 unspecified atom stereocenters. The van der Waals surface area contributed by atoms with Gasteiger partial charge in [0.15, 0.2) is 11.5 Å². The third-order valence-electron chi connectivity index (χ3n) is 13.4. The van der Waals surface area contributed by atoms with E-state index < -0.39 is 5.91 Å². The van der Waals surface area contributed by atoms with E-state index >= 15 is 0 Å². The summed E-state index contributed by atoms with van der Waals surface area (Å²) in [7, 11) is 4.34. The summed E-state index contributed by atoms with van der Waals surface area (Å²) in [6.07, 6.45) is 20.6. The number of rotatable bonds is 16. The second-order valence-corrected chi connectivity index (χ2v) is 25.9. The number of carbonyl (C=O) groups excluding carboxylic acids is 8. The molecule has 486 valence electrons. The summed E-state index contributed by atoms with van der Waals surface area (Å²) in [6.45, 7) is 4.44. The van der Waals surface area contributed by atoms with E-state index in [0.717, 1.165) is 92.3 Å². The molecule has 0 radical (unpaired) electrons. The normalized spacial score (nSPS) is 14.7. The summed E-state index contributed by atoms with van der Waals surface area (Å²) in [5, 5.41) is 14.9. The average Bonchev–Trinajstić information content (AvgIpc) is 1.86. The molecule has 0 atom stereocenters. The van der Waals surface area contributed by atoms with Crippen LogP contribution in [0.2, 0.25) is 0 Å². The summed E-state index contributed by atoms with van der Waals surface area (Å²) in [5.41, 5.74) is 14.3. The van der Waals surface area contributed by atoms with Gasteiger partial charge in [0, 0.05) is 101 Å². The van der Waals surface area contributed by atoms with Crippen LogP contribution in [0.3, 0.4) is 0 Å². The number of hydrogen-bond acceptors (Lipinski definition) is 21. The summed E-state index contributed by atoms with van der Waals surface area (Å²) < 4.78 is 19.8. The van der Waals surface area contributed by atoms with Gasteiger partial charge < -0.3 is 35.7 Å². The molecule has 3 fully saturated rings. The lowest BCUT2D eigenvalue weighted by Crippen LogP contribution is -2.22. The quantitative estimate of drug-likeness (QED) is 0.0653. The van der Waals surface area contributed by atoms with Crippen molar-refractivity contribution in [1.82, 2.24) is 39.6 Å². The maximum atomic E-state index is 12.4. The molecule has 3 aliphatic rings. The first-order chi connectivity index (χ1) is 45.0. The van der Waals surface area contributed by atoms with Crippen molar-refractivity contribution in [3.63, 3.8) is 0 Å². The lowest BCUT2D eigenvalue weighted by molar-refractivity contribution is -0.122. The fraction of sp³-hybridized carbons (Fsp3) is 0.123. The van der Waals surface area contributed by atoms with E-state index in [4.69, 9.17) is 19.9 Å². The van der Waals surface area contributed by atoms with Crippen molar-refractivity contribution in [3.8, 4) is 23.0 Å². The second-order valence-electron chi connectivity index (χ2n) is 20.4. The first-order valence-electron chi connectivity index (χ1n) is 27.6. The average molecular weight is 1550 g/mol. The van der Waals surface area contributed by atoms with Crippen LogP contribution in [0, 0.1) is 13.8 Å². The molecule has 8 aromatic rings. The number of thioether (sulfide) groups is 3. The molecule has 0 spiro atoms. The molecule has 3 aromatic carbocycles. The molecule has 5 aromatic heterocycles. The van der Waals surface area contributed by atoms with Gasteiger partial charge in [-0.2, -0.15) is 0 Å². The van der Waals surface area contributed by atoms with Crippen LogP contribution in [0.4, 0.5) is 31.4 Å². The van der Waals surface area contributed by atoms with Crippen LogP contribution in [0.5, 0.6) is 23.0 Å². The SMILES string of the molecule is CN1C(=O)S/C(=C\c2cc(OCc3cncc(NC(=O)c4cccnc4)c3)c(O)cc2Br)C1=O.Cc1cc(Br)c(/C=C2\SC(=O)N(C)C2=O)cc1OCc1cncc(N)c1.Cc1cc(Br)c(/C=C2\SC(=O)N(C)C2=O)cc1OCc1cncc(NC(=O)c2cccnc2)c1.Cl. The number of phenolic OH excluding ortho intramolecular Hbond substituents is 1. The molecule has 3 aliphatic heterocycles. The minimum Gasteiger partial charge on any atom is -0.504 e. The number of likely N-dealkylation sites (N-methyl/N-ethyl adjacent to an activating group) is 3. The predicted molar refractivity (Wildman–Crippen MR) is 377 cm³/mol. The van der Waals surface area contributed by atoms with Crippen molar-refractivity contribution in [3.05, 3.63) is 225 Å². The monoisotopic (exact) mass is 1550 g/mol. The van der Waals surface area contributed by atoms with Gasteiger partial charge in [-0.05, 0) is 174 Å². The van der Waals surface area contributed by atoms with Crippen molar-refractivity contribution in [2.24, 2.45) is 0 Å². The molecule has 0 saturated carbocycles. The van der Waals surface area contributed by atoms with Crippen molar-refractivity contribution < 1.29 is 57.7 Å². The van der Waals surface area contributed by atoms with Crippen LogP contribution in [0.1, 0.15) is 65.2 Å². The molecule has 8 amide bonds. The van der Waals surface area contributed by atoms with Gasteiger partial charge in [0.1, 0.15) is 31.3 Å². The number of pyridine rings is 5. The van der Waals surface area contributed by atoms with E-state index in [1.165, 1.54) is 45.8 Å². The number of aryl methyl sites for hydroxylation is 2. The Bertz CT molecular complexity index is 4240. The van der Waals surface area contributed by atoms with Crippen molar-refractivity contribution in [2.75, 3.05) is 37.5 Å². The van der Waals surface area contributed by atoms with Crippen LogP contribution < -0.4 is 30.6 Å². The maximum Gasteiger partial charge on any atom is 0.293 e. The number of imide groups is 3. The summed E-state index contributed by atoms with van der Waals surface area (Å²) in [4.78, 5) is 121. The van der Waals surface area contributed by atoms with Gasteiger partial charge in [-0.15, -0.1) is 12.4 Å². The van der Waals surface area contributed by atoms with E-state index in [0.29, 0.717) is 71.7 Å². The largest absolute Gasteiger partial charge is 0.504 e. The lowest BCUT2D eigenvalue weighted by Gasteiger charge is -2.12. The number of hydrogen-bond donors (Lipinski definition) is 4. The molecular formula is C65H53Br3ClN11O12S3. The Hall–Kier alpha value is -9.23. The van der Waals surface area contributed by atoms with Gasteiger partial charge in [-0.1, -0.05) is 47.8 Å². The first-order valence-corrected chi connectivity index (χ1v) is 32.5. The van der Waals surface area contributed by atoms with Crippen LogP contribution in [-0.4, -0.2) is 111 Å².